The Morgan fingerprint density at radius 2 is 1.75 bits per heavy atom. The number of aliphatic carboxylic acids is 1. The number of allylic oxidation sites excluding steroid dienone is 1. The first-order valence-electron chi connectivity index (χ1n) is 13.9. The number of aliphatic hydroxyl groups is 1. The summed E-state index contributed by atoms with van der Waals surface area (Å²) in [6, 6.07) is 8.61. The zero-order chi connectivity index (χ0) is 25.7. The summed E-state index contributed by atoms with van der Waals surface area (Å²) in [7, 11) is 0. The molecule has 0 radical (unpaired) electrons. The minimum atomic E-state index is -0.900. The summed E-state index contributed by atoms with van der Waals surface area (Å²) < 4.78 is 0. The number of alkyl halides is 1. The molecule has 0 saturated heterocycles. The van der Waals surface area contributed by atoms with Crippen LogP contribution in [-0.4, -0.2) is 27.6 Å². The molecule has 4 aliphatic rings. The van der Waals surface area contributed by atoms with Crippen molar-refractivity contribution >= 4 is 23.4 Å². The average molecular weight is 513 g/mol. The van der Waals surface area contributed by atoms with E-state index in [1.54, 1.807) is 0 Å². The molecule has 196 valence electrons. The second-order valence-corrected chi connectivity index (χ2v) is 13.0. The van der Waals surface area contributed by atoms with Crippen LogP contribution in [0.2, 0.25) is 0 Å². The lowest BCUT2D eigenvalue weighted by Gasteiger charge is -2.61. The highest BCUT2D eigenvalue weighted by Gasteiger charge is 2.65. The van der Waals surface area contributed by atoms with E-state index in [1.807, 2.05) is 6.08 Å². The molecule has 0 unspecified atom stereocenters. The Morgan fingerprint density at radius 1 is 1.06 bits per heavy atom. The van der Waals surface area contributed by atoms with Crippen molar-refractivity contribution in [1.82, 2.24) is 0 Å². The van der Waals surface area contributed by atoms with E-state index in [2.05, 4.69) is 38.1 Å². The molecular formula is C31H41ClO4. The normalized spacial score (nSPS) is 39.7. The molecule has 0 heterocycles. The molecule has 36 heavy (non-hydrogen) atoms. The van der Waals surface area contributed by atoms with Crippen molar-refractivity contribution in [3.63, 3.8) is 0 Å². The van der Waals surface area contributed by atoms with Crippen molar-refractivity contribution < 1.29 is 19.8 Å². The molecule has 4 aliphatic carbocycles. The van der Waals surface area contributed by atoms with Crippen LogP contribution < -0.4 is 0 Å². The summed E-state index contributed by atoms with van der Waals surface area (Å²) in [5.41, 5.74) is 2.75. The largest absolute Gasteiger partial charge is 0.481 e. The summed E-state index contributed by atoms with van der Waals surface area (Å²) in [6.07, 6.45) is 10.7. The van der Waals surface area contributed by atoms with Crippen molar-refractivity contribution in [3.05, 3.63) is 47.0 Å². The van der Waals surface area contributed by atoms with Crippen LogP contribution in [-0.2, 0) is 21.9 Å². The minimum absolute atomic E-state index is 0.0291. The molecule has 0 bridgehead atoms. The van der Waals surface area contributed by atoms with Gasteiger partial charge < -0.3 is 10.2 Å². The molecule has 0 spiro atoms. The Labute approximate surface area is 220 Å². The SMILES string of the molecule is C[C@]12CCC(=O)C=C1C[C@@H](CCc1ccc(CCl)cc1)[C@@H]1[C@@H]2CC[C@@]2(C)[C@H]1CC[C@]2(O)CCC(=O)O. The summed E-state index contributed by atoms with van der Waals surface area (Å²) in [6.45, 7) is 4.65. The zero-order valence-corrected chi connectivity index (χ0v) is 22.5. The maximum atomic E-state index is 12.4. The Hall–Kier alpha value is -1.65. The number of hydrogen-bond acceptors (Lipinski definition) is 3. The lowest BCUT2D eigenvalue weighted by atomic mass is 9.43. The van der Waals surface area contributed by atoms with E-state index in [1.165, 1.54) is 11.1 Å². The van der Waals surface area contributed by atoms with Crippen LogP contribution in [0.5, 0.6) is 0 Å². The second-order valence-electron chi connectivity index (χ2n) is 12.7. The first kappa shape index (κ1) is 26.0. The Morgan fingerprint density at radius 3 is 2.44 bits per heavy atom. The van der Waals surface area contributed by atoms with Crippen molar-refractivity contribution in [2.45, 2.75) is 96.0 Å². The van der Waals surface area contributed by atoms with E-state index in [0.717, 1.165) is 50.5 Å². The van der Waals surface area contributed by atoms with Gasteiger partial charge in [-0.25, -0.2) is 0 Å². The predicted molar refractivity (Wildman–Crippen MR) is 142 cm³/mol. The van der Waals surface area contributed by atoms with Gasteiger partial charge in [-0.3, -0.25) is 9.59 Å². The minimum Gasteiger partial charge on any atom is -0.481 e. The lowest BCUT2D eigenvalue weighted by Crippen LogP contribution is -2.57. The molecule has 7 atom stereocenters. The van der Waals surface area contributed by atoms with Crippen LogP contribution in [0.25, 0.3) is 0 Å². The van der Waals surface area contributed by atoms with Gasteiger partial charge in [-0.05, 0) is 109 Å². The number of aryl methyl sites for hydroxylation is 1. The number of carboxylic acid groups (broad SMARTS) is 1. The number of benzene rings is 1. The highest BCUT2D eigenvalue weighted by atomic mass is 35.5. The van der Waals surface area contributed by atoms with Crippen LogP contribution in [0.1, 0.15) is 89.2 Å². The summed E-state index contributed by atoms with van der Waals surface area (Å²) in [5.74, 6) is 1.87. The summed E-state index contributed by atoms with van der Waals surface area (Å²) >= 11 is 5.98. The quantitative estimate of drug-likeness (QED) is 0.398. The van der Waals surface area contributed by atoms with Crippen LogP contribution in [0.15, 0.2) is 35.9 Å². The van der Waals surface area contributed by atoms with Gasteiger partial charge in [0.25, 0.3) is 0 Å². The summed E-state index contributed by atoms with van der Waals surface area (Å²) in [4.78, 5) is 23.8. The van der Waals surface area contributed by atoms with Gasteiger partial charge in [-0.15, -0.1) is 11.6 Å². The maximum Gasteiger partial charge on any atom is 0.303 e. The van der Waals surface area contributed by atoms with Gasteiger partial charge in [0, 0.05) is 18.7 Å². The lowest BCUT2D eigenvalue weighted by molar-refractivity contribution is -0.152. The molecule has 5 heteroatoms. The fourth-order valence-electron chi connectivity index (χ4n) is 8.98. The van der Waals surface area contributed by atoms with E-state index < -0.39 is 11.6 Å². The van der Waals surface area contributed by atoms with Crippen molar-refractivity contribution in [3.8, 4) is 0 Å². The molecule has 0 aliphatic heterocycles. The molecule has 2 N–H and O–H groups in total. The third-order valence-corrected chi connectivity index (χ3v) is 11.5. The van der Waals surface area contributed by atoms with Gasteiger partial charge in [0.05, 0.1) is 5.60 Å². The summed E-state index contributed by atoms with van der Waals surface area (Å²) in [5, 5.41) is 21.2. The van der Waals surface area contributed by atoms with Crippen LogP contribution in [0.3, 0.4) is 0 Å². The first-order valence-corrected chi connectivity index (χ1v) is 14.4. The zero-order valence-electron chi connectivity index (χ0n) is 21.8. The number of carbonyl (C=O) groups is 2. The molecule has 1 aromatic carbocycles. The highest BCUT2D eigenvalue weighted by Crippen LogP contribution is 2.69. The van der Waals surface area contributed by atoms with Crippen molar-refractivity contribution in [1.29, 1.82) is 0 Å². The Bertz CT molecular complexity index is 1050. The Kier molecular flexibility index (Phi) is 6.91. The fourth-order valence-corrected chi connectivity index (χ4v) is 9.16. The van der Waals surface area contributed by atoms with Gasteiger partial charge in [0.15, 0.2) is 5.78 Å². The maximum absolute atomic E-state index is 12.4. The van der Waals surface area contributed by atoms with Gasteiger partial charge in [0.2, 0.25) is 0 Å². The van der Waals surface area contributed by atoms with E-state index in [9.17, 15) is 19.8 Å². The monoisotopic (exact) mass is 512 g/mol. The van der Waals surface area contributed by atoms with Crippen LogP contribution in [0.4, 0.5) is 0 Å². The fraction of sp³-hybridized carbons (Fsp3) is 0.677. The Balaban J connectivity index is 1.46. The number of rotatable bonds is 7. The third-order valence-electron chi connectivity index (χ3n) is 11.2. The second kappa shape index (κ2) is 9.58. The topological polar surface area (TPSA) is 74.6 Å². The number of fused-ring (bicyclic) bond motifs is 5. The number of carbonyl (C=O) groups excluding carboxylic acids is 1. The first-order chi connectivity index (χ1) is 17.1. The molecule has 5 rings (SSSR count). The molecule has 3 saturated carbocycles. The van der Waals surface area contributed by atoms with Crippen LogP contribution in [0, 0.1) is 34.5 Å². The molecule has 0 aromatic heterocycles. The number of carboxylic acids is 1. The van der Waals surface area contributed by atoms with Gasteiger partial charge in [-0.2, -0.15) is 0 Å². The molecular weight excluding hydrogens is 472 g/mol. The predicted octanol–water partition coefficient (Wildman–Crippen LogP) is 6.71. The third kappa shape index (κ3) is 4.26. The van der Waals surface area contributed by atoms with Crippen molar-refractivity contribution in [2.75, 3.05) is 0 Å². The number of ketones is 1. The van der Waals surface area contributed by atoms with E-state index in [-0.39, 0.29) is 23.0 Å². The number of hydrogen-bond donors (Lipinski definition) is 2. The van der Waals surface area contributed by atoms with E-state index in [0.29, 0.717) is 48.8 Å². The van der Waals surface area contributed by atoms with E-state index in [4.69, 9.17) is 11.6 Å². The highest BCUT2D eigenvalue weighted by molar-refractivity contribution is 6.17. The molecule has 4 nitrogen and oxygen atoms in total. The number of halogens is 1. The molecule has 1 aromatic rings. The van der Waals surface area contributed by atoms with Gasteiger partial charge in [0.1, 0.15) is 0 Å². The smallest absolute Gasteiger partial charge is 0.303 e. The van der Waals surface area contributed by atoms with E-state index >= 15 is 0 Å². The molecule has 3 fully saturated rings. The van der Waals surface area contributed by atoms with Crippen LogP contribution >= 0.6 is 11.6 Å². The molecule has 0 amide bonds. The average Bonchev–Trinajstić information content (AvgIpc) is 3.13. The van der Waals surface area contributed by atoms with Gasteiger partial charge in [-0.1, -0.05) is 43.7 Å². The van der Waals surface area contributed by atoms with Crippen molar-refractivity contribution in [2.24, 2.45) is 34.5 Å². The standard InChI is InChI=1S/C31H41ClO4/c1-29-13-9-24(33)18-23(29)17-22(8-7-20-3-5-21(19-32)6-4-20)28-25(29)10-14-30(2)26(28)11-15-31(30,36)16-12-27(34)35/h3-6,18,22,25-26,28,36H,7-17,19H2,1-2H3,(H,34,35)/t22-,25+,26+,28-,29+,30+,31+/m1/s1. The van der Waals surface area contributed by atoms with Gasteiger partial charge >= 0.3 is 5.97 Å².